The first-order chi connectivity index (χ1) is 9.58. The minimum absolute atomic E-state index is 0.222. The molecule has 2 aromatic rings. The lowest BCUT2D eigenvalue weighted by atomic mass is 10.1. The Morgan fingerprint density at radius 2 is 1.90 bits per heavy atom. The Morgan fingerprint density at radius 1 is 1.20 bits per heavy atom. The molecular weight excluding hydrogens is 256 g/mol. The predicted octanol–water partition coefficient (Wildman–Crippen LogP) is 3.07. The van der Waals surface area contributed by atoms with Gasteiger partial charge in [0.05, 0.1) is 6.10 Å². The van der Waals surface area contributed by atoms with Gasteiger partial charge in [-0.3, -0.25) is 0 Å². The van der Waals surface area contributed by atoms with Crippen molar-refractivity contribution in [2.24, 2.45) is 7.05 Å². The largest absolute Gasteiger partial charge is 0.509 e. The van der Waals surface area contributed by atoms with Crippen LogP contribution >= 0.6 is 0 Å². The molecule has 0 spiro atoms. The van der Waals surface area contributed by atoms with Crippen LogP contribution in [0.5, 0.6) is 0 Å². The second-order valence-electron chi connectivity index (χ2n) is 4.72. The van der Waals surface area contributed by atoms with E-state index in [1.807, 2.05) is 48.1 Å². The molecule has 0 fully saturated rings. The Bertz CT molecular complexity index is 564. The van der Waals surface area contributed by atoms with E-state index in [1.54, 1.807) is 20.0 Å². The maximum absolute atomic E-state index is 11.8. The molecule has 0 aliphatic rings. The number of aryl methyl sites for hydroxylation is 1. The van der Waals surface area contributed by atoms with Gasteiger partial charge in [-0.25, -0.2) is 9.78 Å². The van der Waals surface area contributed by atoms with E-state index in [9.17, 15) is 4.79 Å². The summed E-state index contributed by atoms with van der Waals surface area (Å²) >= 11 is 0. The van der Waals surface area contributed by atoms with Crippen molar-refractivity contribution in [2.45, 2.75) is 26.1 Å². The van der Waals surface area contributed by atoms with E-state index in [0.717, 1.165) is 5.56 Å². The lowest BCUT2D eigenvalue weighted by Crippen LogP contribution is -2.19. The molecule has 5 heteroatoms. The van der Waals surface area contributed by atoms with Gasteiger partial charge in [0.25, 0.3) is 0 Å². The minimum atomic E-state index is -0.697. The standard InChI is InChI=1S/C15H18N2O3/c1-11(2)19-15(18)20-13(12-7-5-4-6-8-12)14-16-9-10-17(14)3/h4-11,13H,1-3H3. The highest BCUT2D eigenvalue weighted by atomic mass is 16.7. The van der Waals surface area contributed by atoms with Crippen LogP contribution in [0.2, 0.25) is 0 Å². The molecule has 1 aromatic heterocycles. The first-order valence-electron chi connectivity index (χ1n) is 6.47. The summed E-state index contributed by atoms with van der Waals surface area (Å²) in [6, 6.07) is 9.47. The molecule has 5 nitrogen and oxygen atoms in total. The summed E-state index contributed by atoms with van der Waals surface area (Å²) in [6.07, 6.45) is 1.98. The Kier molecular flexibility index (Phi) is 4.40. The smallest absolute Gasteiger partial charge is 0.432 e. The Hall–Kier alpha value is -2.30. The molecule has 0 aliphatic heterocycles. The fraction of sp³-hybridized carbons (Fsp3) is 0.333. The van der Waals surface area contributed by atoms with Gasteiger partial charge in [-0.15, -0.1) is 0 Å². The van der Waals surface area contributed by atoms with Crippen molar-refractivity contribution in [3.8, 4) is 0 Å². The molecule has 1 aromatic carbocycles. The number of carbonyl (C=O) groups excluding carboxylic acids is 1. The zero-order valence-electron chi connectivity index (χ0n) is 11.8. The van der Waals surface area contributed by atoms with Gasteiger partial charge < -0.3 is 14.0 Å². The number of nitrogens with zero attached hydrogens (tertiary/aromatic N) is 2. The highest BCUT2D eigenvalue weighted by molar-refractivity contribution is 5.61. The van der Waals surface area contributed by atoms with Crippen molar-refractivity contribution >= 4 is 6.16 Å². The van der Waals surface area contributed by atoms with Gasteiger partial charge in [0.15, 0.2) is 11.9 Å². The number of ether oxygens (including phenoxy) is 2. The molecular formula is C15H18N2O3. The third kappa shape index (κ3) is 3.38. The summed E-state index contributed by atoms with van der Waals surface area (Å²) in [7, 11) is 1.86. The van der Waals surface area contributed by atoms with Gasteiger partial charge >= 0.3 is 6.16 Å². The topological polar surface area (TPSA) is 53.4 Å². The quantitative estimate of drug-likeness (QED) is 0.804. The first-order valence-corrected chi connectivity index (χ1v) is 6.47. The number of carbonyl (C=O) groups is 1. The molecule has 0 N–H and O–H groups in total. The number of hydrogen-bond acceptors (Lipinski definition) is 4. The van der Waals surface area contributed by atoms with Gasteiger partial charge in [0, 0.05) is 25.0 Å². The van der Waals surface area contributed by atoms with Crippen LogP contribution in [0, 0.1) is 0 Å². The summed E-state index contributed by atoms with van der Waals surface area (Å²) < 4.78 is 12.3. The first kappa shape index (κ1) is 14.1. The maximum Gasteiger partial charge on any atom is 0.509 e. The molecule has 0 saturated carbocycles. The molecule has 1 atom stereocenters. The lowest BCUT2D eigenvalue weighted by molar-refractivity contribution is 0.0141. The average Bonchev–Trinajstić information content (AvgIpc) is 2.82. The maximum atomic E-state index is 11.8. The van der Waals surface area contributed by atoms with Gasteiger partial charge in [-0.2, -0.15) is 0 Å². The van der Waals surface area contributed by atoms with E-state index >= 15 is 0 Å². The van der Waals surface area contributed by atoms with Crippen LogP contribution in [-0.4, -0.2) is 21.8 Å². The third-order valence-electron chi connectivity index (χ3n) is 2.74. The zero-order valence-corrected chi connectivity index (χ0v) is 11.8. The number of hydrogen-bond donors (Lipinski definition) is 0. The van der Waals surface area contributed by atoms with Crippen LogP contribution < -0.4 is 0 Å². The number of benzene rings is 1. The monoisotopic (exact) mass is 274 g/mol. The highest BCUT2D eigenvalue weighted by Crippen LogP contribution is 2.25. The summed E-state index contributed by atoms with van der Waals surface area (Å²) in [5.41, 5.74) is 0.850. The highest BCUT2D eigenvalue weighted by Gasteiger charge is 2.23. The van der Waals surface area contributed by atoms with E-state index in [1.165, 1.54) is 0 Å². The molecule has 0 amide bonds. The van der Waals surface area contributed by atoms with Crippen LogP contribution in [0.3, 0.4) is 0 Å². The third-order valence-corrected chi connectivity index (χ3v) is 2.74. The van der Waals surface area contributed by atoms with Crippen LogP contribution in [0.1, 0.15) is 31.3 Å². The molecule has 106 valence electrons. The molecule has 0 bridgehead atoms. The molecule has 0 aliphatic carbocycles. The predicted molar refractivity (Wildman–Crippen MR) is 74.2 cm³/mol. The van der Waals surface area contributed by atoms with E-state index in [2.05, 4.69) is 4.98 Å². The molecule has 2 rings (SSSR count). The van der Waals surface area contributed by atoms with Crippen LogP contribution in [0.15, 0.2) is 42.7 Å². The van der Waals surface area contributed by atoms with Gasteiger partial charge in [-0.1, -0.05) is 30.3 Å². The Labute approximate surface area is 118 Å². The molecule has 20 heavy (non-hydrogen) atoms. The Balaban J connectivity index is 2.26. The van der Waals surface area contributed by atoms with E-state index in [4.69, 9.17) is 9.47 Å². The average molecular weight is 274 g/mol. The molecule has 1 unspecified atom stereocenters. The second kappa shape index (κ2) is 6.23. The number of rotatable bonds is 4. The number of aromatic nitrogens is 2. The van der Waals surface area contributed by atoms with Gasteiger partial charge in [-0.05, 0) is 13.8 Å². The van der Waals surface area contributed by atoms with Crippen molar-refractivity contribution in [3.63, 3.8) is 0 Å². The summed E-state index contributed by atoms with van der Waals surface area (Å²) in [4.78, 5) is 16.0. The molecule has 1 heterocycles. The van der Waals surface area contributed by atoms with Crippen LogP contribution in [0.25, 0.3) is 0 Å². The lowest BCUT2D eigenvalue weighted by Gasteiger charge is -2.18. The van der Waals surface area contributed by atoms with Gasteiger partial charge in [0.1, 0.15) is 0 Å². The van der Waals surface area contributed by atoms with Crippen LogP contribution in [-0.2, 0) is 16.5 Å². The number of imidazole rings is 1. The fourth-order valence-electron chi connectivity index (χ4n) is 1.84. The van der Waals surface area contributed by atoms with Crippen LogP contribution in [0.4, 0.5) is 4.79 Å². The Morgan fingerprint density at radius 3 is 2.45 bits per heavy atom. The summed E-state index contributed by atoms with van der Waals surface area (Å²) in [6.45, 7) is 3.55. The van der Waals surface area contributed by atoms with Crippen molar-refractivity contribution < 1.29 is 14.3 Å². The summed E-state index contributed by atoms with van der Waals surface area (Å²) in [5.74, 6) is 0.650. The van der Waals surface area contributed by atoms with E-state index in [-0.39, 0.29) is 6.10 Å². The molecule has 0 saturated heterocycles. The van der Waals surface area contributed by atoms with E-state index in [0.29, 0.717) is 5.82 Å². The van der Waals surface area contributed by atoms with Crippen molar-refractivity contribution in [1.82, 2.24) is 9.55 Å². The van der Waals surface area contributed by atoms with Crippen molar-refractivity contribution in [3.05, 3.63) is 54.1 Å². The minimum Gasteiger partial charge on any atom is -0.432 e. The van der Waals surface area contributed by atoms with Crippen molar-refractivity contribution in [1.29, 1.82) is 0 Å². The second-order valence-corrected chi connectivity index (χ2v) is 4.72. The zero-order chi connectivity index (χ0) is 14.5. The SMILES string of the molecule is CC(C)OC(=O)OC(c1ccccc1)c1nccn1C. The molecule has 0 radical (unpaired) electrons. The summed E-state index contributed by atoms with van der Waals surface area (Å²) in [5, 5.41) is 0. The fourth-order valence-corrected chi connectivity index (χ4v) is 1.84. The van der Waals surface area contributed by atoms with Crippen molar-refractivity contribution in [2.75, 3.05) is 0 Å². The normalized spacial score (nSPS) is 12.2. The van der Waals surface area contributed by atoms with E-state index < -0.39 is 12.3 Å². The van der Waals surface area contributed by atoms with Gasteiger partial charge in [0.2, 0.25) is 0 Å².